The van der Waals surface area contributed by atoms with Crippen LogP contribution in [0, 0.1) is 6.92 Å². The van der Waals surface area contributed by atoms with Gasteiger partial charge in [-0.3, -0.25) is 4.79 Å². The van der Waals surface area contributed by atoms with Gasteiger partial charge in [-0.2, -0.15) is 0 Å². The van der Waals surface area contributed by atoms with E-state index in [2.05, 4.69) is 30.1 Å². The summed E-state index contributed by atoms with van der Waals surface area (Å²) in [4.78, 5) is 14.6. The number of hydrogen-bond acceptors (Lipinski definition) is 4. The van der Waals surface area contributed by atoms with E-state index in [0.29, 0.717) is 11.5 Å². The lowest BCUT2D eigenvalue weighted by molar-refractivity contribution is -0.111. The maximum Gasteiger partial charge on any atom is 0.248 e. The van der Waals surface area contributed by atoms with E-state index in [1.54, 1.807) is 20.3 Å². The van der Waals surface area contributed by atoms with Crippen molar-refractivity contribution in [3.8, 4) is 11.5 Å². The maximum atomic E-state index is 12.3. The van der Waals surface area contributed by atoms with Crippen LogP contribution in [-0.2, 0) is 4.79 Å². The van der Waals surface area contributed by atoms with Gasteiger partial charge in [0.15, 0.2) is 11.5 Å². The van der Waals surface area contributed by atoms with E-state index in [4.69, 9.17) is 9.47 Å². The van der Waals surface area contributed by atoms with Crippen LogP contribution in [0.15, 0.2) is 42.5 Å². The van der Waals surface area contributed by atoms with Gasteiger partial charge < -0.3 is 19.7 Å². The van der Waals surface area contributed by atoms with Crippen LogP contribution in [0.3, 0.4) is 0 Å². The number of hydrogen-bond donors (Lipinski definition) is 1. The summed E-state index contributed by atoms with van der Waals surface area (Å²) in [6.07, 6.45) is 3.26. The molecule has 0 heterocycles. The van der Waals surface area contributed by atoms with Gasteiger partial charge in [-0.15, -0.1) is 0 Å². The van der Waals surface area contributed by atoms with Gasteiger partial charge in [0.25, 0.3) is 0 Å². The highest BCUT2D eigenvalue weighted by atomic mass is 16.5. The molecule has 0 spiro atoms. The molecule has 0 fully saturated rings. The molecule has 0 aliphatic rings. The molecule has 27 heavy (non-hydrogen) atoms. The van der Waals surface area contributed by atoms with E-state index in [1.165, 1.54) is 6.08 Å². The monoisotopic (exact) mass is 368 g/mol. The van der Waals surface area contributed by atoms with Crippen molar-refractivity contribution in [3.63, 3.8) is 0 Å². The zero-order chi connectivity index (χ0) is 19.8. The molecule has 0 saturated heterocycles. The lowest BCUT2D eigenvalue weighted by Crippen LogP contribution is -2.22. The molecule has 1 N–H and O–H groups in total. The Balaban J connectivity index is 2.08. The van der Waals surface area contributed by atoms with Crippen LogP contribution in [-0.4, -0.2) is 33.2 Å². The molecule has 0 unspecified atom stereocenters. The van der Waals surface area contributed by atoms with Crippen molar-refractivity contribution in [1.82, 2.24) is 0 Å². The average Bonchev–Trinajstić information content (AvgIpc) is 2.69. The van der Waals surface area contributed by atoms with Gasteiger partial charge in [-0.1, -0.05) is 6.07 Å². The largest absolute Gasteiger partial charge is 0.493 e. The summed E-state index contributed by atoms with van der Waals surface area (Å²) in [6, 6.07) is 11.6. The minimum Gasteiger partial charge on any atom is -0.493 e. The summed E-state index contributed by atoms with van der Waals surface area (Å²) in [5, 5.41) is 2.93. The van der Waals surface area contributed by atoms with Crippen LogP contribution in [0.2, 0.25) is 0 Å². The summed E-state index contributed by atoms with van der Waals surface area (Å²) in [6.45, 7) is 8.17. The molecule has 1 amide bonds. The smallest absolute Gasteiger partial charge is 0.248 e. The Morgan fingerprint density at radius 2 is 1.74 bits per heavy atom. The zero-order valence-corrected chi connectivity index (χ0v) is 16.7. The predicted octanol–water partition coefficient (Wildman–Crippen LogP) is 4.51. The highest BCUT2D eigenvalue weighted by Crippen LogP contribution is 2.28. The second-order valence-electron chi connectivity index (χ2n) is 6.11. The van der Waals surface area contributed by atoms with Gasteiger partial charge in [0.2, 0.25) is 5.91 Å². The van der Waals surface area contributed by atoms with E-state index < -0.39 is 0 Å². The SMILES string of the molecule is CCN(CC)c1ccc(NC(=O)/C=C/c2ccc(OC)c(OC)c2)c(C)c1. The van der Waals surface area contributed by atoms with Gasteiger partial charge >= 0.3 is 0 Å². The molecular weight excluding hydrogens is 340 g/mol. The predicted molar refractivity (Wildman–Crippen MR) is 112 cm³/mol. The first-order valence-corrected chi connectivity index (χ1v) is 9.09. The van der Waals surface area contributed by atoms with Crippen molar-refractivity contribution in [3.05, 3.63) is 53.6 Å². The minimum absolute atomic E-state index is 0.177. The first kappa shape index (κ1) is 20.4. The molecule has 2 rings (SSSR count). The first-order valence-electron chi connectivity index (χ1n) is 9.09. The van der Waals surface area contributed by atoms with E-state index in [1.807, 2.05) is 37.3 Å². The van der Waals surface area contributed by atoms with Crippen molar-refractivity contribution in [1.29, 1.82) is 0 Å². The van der Waals surface area contributed by atoms with Gasteiger partial charge in [-0.25, -0.2) is 0 Å². The van der Waals surface area contributed by atoms with E-state index in [9.17, 15) is 4.79 Å². The van der Waals surface area contributed by atoms with Crippen molar-refractivity contribution >= 4 is 23.4 Å². The number of amides is 1. The summed E-state index contributed by atoms with van der Waals surface area (Å²) in [7, 11) is 3.18. The Hall–Kier alpha value is -2.95. The van der Waals surface area contributed by atoms with Crippen LogP contribution in [0.25, 0.3) is 6.08 Å². The Kier molecular flexibility index (Phi) is 7.29. The number of nitrogens with zero attached hydrogens (tertiary/aromatic N) is 1. The molecule has 0 aliphatic carbocycles. The molecule has 0 aromatic heterocycles. The topological polar surface area (TPSA) is 50.8 Å². The fourth-order valence-corrected chi connectivity index (χ4v) is 2.88. The van der Waals surface area contributed by atoms with Gasteiger partial charge in [0.05, 0.1) is 14.2 Å². The number of anilines is 2. The van der Waals surface area contributed by atoms with Gasteiger partial charge in [0, 0.05) is 30.5 Å². The number of carbonyl (C=O) groups is 1. The van der Waals surface area contributed by atoms with E-state index in [-0.39, 0.29) is 5.91 Å². The number of methoxy groups -OCH3 is 2. The molecule has 2 aromatic carbocycles. The minimum atomic E-state index is -0.177. The zero-order valence-electron chi connectivity index (χ0n) is 16.7. The van der Waals surface area contributed by atoms with Crippen LogP contribution in [0.1, 0.15) is 25.0 Å². The molecule has 144 valence electrons. The quantitative estimate of drug-likeness (QED) is 0.697. The maximum absolute atomic E-state index is 12.3. The third kappa shape index (κ3) is 5.26. The molecule has 0 atom stereocenters. The second-order valence-corrected chi connectivity index (χ2v) is 6.11. The summed E-state index contributed by atoms with van der Waals surface area (Å²) < 4.78 is 10.5. The lowest BCUT2D eigenvalue weighted by Gasteiger charge is -2.22. The third-order valence-electron chi connectivity index (χ3n) is 4.43. The van der Waals surface area contributed by atoms with Crippen LogP contribution >= 0.6 is 0 Å². The van der Waals surface area contributed by atoms with Gasteiger partial charge in [0.1, 0.15) is 0 Å². The molecule has 5 heteroatoms. The normalized spacial score (nSPS) is 10.7. The van der Waals surface area contributed by atoms with Crippen molar-refractivity contribution in [2.75, 3.05) is 37.5 Å². The Morgan fingerprint density at radius 3 is 2.33 bits per heavy atom. The second kappa shape index (κ2) is 9.67. The molecule has 0 aliphatic heterocycles. The molecule has 5 nitrogen and oxygen atoms in total. The van der Waals surface area contributed by atoms with Crippen molar-refractivity contribution in [2.24, 2.45) is 0 Å². The molecule has 0 saturated carbocycles. The molecule has 2 aromatic rings. The fourth-order valence-electron chi connectivity index (χ4n) is 2.88. The first-order chi connectivity index (χ1) is 13.0. The molecular formula is C22H28N2O3. The number of nitrogens with one attached hydrogen (secondary N) is 1. The number of ether oxygens (including phenoxy) is 2. The highest BCUT2D eigenvalue weighted by Gasteiger charge is 2.07. The van der Waals surface area contributed by atoms with Crippen molar-refractivity contribution < 1.29 is 14.3 Å². The van der Waals surface area contributed by atoms with E-state index >= 15 is 0 Å². The molecule has 0 bridgehead atoms. The Morgan fingerprint density at radius 1 is 1.04 bits per heavy atom. The lowest BCUT2D eigenvalue weighted by atomic mass is 10.1. The average molecular weight is 368 g/mol. The fraction of sp³-hybridized carbons (Fsp3) is 0.318. The van der Waals surface area contributed by atoms with Crippen LogP contribution < -0.4 is 19.7 Å². The third-order valence-corrected chi connectivity index (χ3v) is 4.43. The summed E-state index contributed by atoms with van der Waals surface area (Å²) in [5.41, 5.74) is 3.87. The Labute approximate surface area is 161 Å². The standard InChI is InChI=1S/C22H28N2O3/c1-6-24(7-2)18-10-11-19(16(3)14-18)23-22(25)13-9-17-8-12-20(26-4)21(15-17)27-5/h8-15H,6-7H2,1-5H3,(H,23,25)/b13-9+. The number of aryl methyl sites for hydroxylation is 1. The Bertz CT molecular complexity index is 811. The highest BCUT2D eigenvalue weighted by molar-refractivity contribution is 6.02. The number of rotatable bonds is 8. The van der Waals surface area contributed by atoms with E-state index in [0.717, 1.165) is 35.6 Å². The van der Waals surface area contributed by atoms with Crippen LogP contribution in [0.4, 0.5) is 11.4 Å². The summed E-state index contributed by atoms with van der Waals surface area (Å²) >= 11 is 0. The summed E-state index contributed by atoms with van der Waals surface area (Å²) in [5.74, 6) is 1.11. The van der Waals surface area contributed by atoms with Gasteiger partial charge in [-0.05, 0) is 68.3 Å². The number of carbonyl (C=O) groups excluding carboxylic acids is 1. The number of benzene rings is 2. The van der Waals surface area contributed by atoms with Crippen molar-refractivity contribution in [2.45, 2.75) is 20.8 Å². The van der Waals surface area contributed by atoms with Crippen LogP contribution in [0.5, 0.6) is 11.5 Å². The molecule has 0 radical (unpaired) electrons.